The molecular weight excluding hydrogens is 263 g/mol. The molecule has 0 amide bonds. The van der Waals surface area contributed by atoms with Crippen LogP contribution in [0.15, 0.2) is 24.3 Å². The second kappa shape index (κ2) is 3.95. The van der Waals surface area contributed by atoms with Crippen LogP contribution in [0.1, 0.15) is 38.5 Å². The lowest BCUT2D eigenvalue weighted by atomic mass is 9.48. The molecule has 6 bridgehead atoms. The molecule has 7 aliphatic rings. The van der Waals surface area contributed by atoms with Crippen molar-refractivity contribution in [3.8, 4) is 0 Å². The molecule has 20 heavy (non-hydrogen) atoms. The first kappa shape index (κ1) is 11.9. The molecule has 0 aromatic heterocycles. The van der Waals surface area contributed by atoms with E-state index in [9.17, 15) is 4.79 Å². The minimum atomic E-state index is 0.132. The van der Waals surface area contributed by atoms with Gasteiger partial charge in [-0.3, -0.25) is 4.79 Å². The average molecular weight is 284 g/mol. The topological polar surface area (TPSA) is 17.1 Å². The SMILES string of the molecule is O=C1C=C[C@@H]2C=C[C@H]1P=C2C12CC3CC(CC(C3)C1)C2. The van der Waals surface area contributed by atoms with E-state index in [2.05, 4.69) is 18.2 Å². The van der Waals surface area contributed by atoms with Crippen LogP contribution < -0.4 is 0 Å². The fourth-order valence-corrected chi connectivity index (χ4v) is 7.71. The Labute approximate surface area is 122 Å². The van der Waals surface area contributed by atoms with Gasteiger partial charge in [0.05, 0.1) is 5.66 Å². The van der Waals surface area contributed by atoms with Gasteiger partial charge < -0.3 is 0 Å². The molecule has 104 valence electrons. The first-order valence-corrected chi connectivity index (χ1v) is 9.17. The second-order valence-electron chi connectivity index (χ2n) is 7.83. The van der Waals surface area contributed by atoms with Gasteiger partial charge in [-0.15, -0.1) is 0 Å². The van der Waals surface area contributed by atoms with Crippen molar-refractivity contribution < 1.29 is 4.79 Å². The van der Waals surface area contributed by atoms with E-state index in [1.807, 2.05) is 6.08 Å². The molecule has 5 aliphatic carbocycles. The highest BCUT2D eigenvalue weighted by Gasteiger charge is 2.53. The van der Waals surface area contributed by atoms with Gasteiger partial charge in [0.1, 0.15) is 0 Å². The first-order valence-electron chi connectivity index (χ1n) is 8.20. The fraction of sp³-hybridized carbons (Fsp3) is 0.667. The minimum absolute atomic E-state index is 0.132. The lowest BCUT2D eigenvalue weighted by Gasteiger charge is -2.58. The molecule has 2 atom stereocenters. The van der Waals surface area contributed by atoms with Crippen molar-refractivity contribution in [1.82, 2.24) is 0 Å². The second-order valence-corrected chi connectivity index (χ2v) is 9.13. The highest BCUT2D eigenvalue weighted by atomic mass is 31.1. The molecule has 1 nitrogen and oxygen atoms in total. The van der Waals surface area contributed by atoms with Gasteiger partial charge >= 0.3 is 0 Å². The van der Waals surface area contributed by atoms with E-state index in [0.29, 0.717) is 17.1 Å². The maximum Gasteiger partial charge on any atom is 0.170 e. The number of ketones is 1. The van der Waals surface area contributed by atoms with Crippen molar-refractivity contribution in [3.05, 3.63) is 24.3 Å². The average Bonchev–Trinajstić information content (AvgIpc) is 2.69. The van der Waals surface area contributed by atoms with Crippen LogP contribution in [0.4, 0.5) is 0 Å². The Hall–Kier alpha value is -0.680. The minimum Gasteiger partial charge on any atom is -0.293 e. The maximum atomic E-state index is 12.1. The van der Waals surface area contributed by atoms with E-state index >= 15 is 0 Å². The van der Waals surface area contributed by atoms with Crippen LogP contribution in [0.2, 0.25) is 0 Å². The van der Waals surface area contributed by atoms with E-state index in [-0.39, 0.29) is 5.66 Å². The van der Waals surface area contributed by atoms with E-state index in [0.717, 1.165) is 17.8 Å². The molecule has 4 saturated carbocycles. The molecule has 2 heteroatoms. The summed E-state index contributed by atoms with van der Waals surface area (Å²) < 4.78 is 0. The standard InChI is InChI=1S/C18H21OP/c19-15-3-1-14-2-4-16(15)20-17(14)18-8-11-5-12(9-18)7-13(6-11)10-18/h1-4,11-14,16H,5-10H2/t11?,12?,13?,14-,16-,18?/m1/s1. The largest absolute Gasteiger partial charge is 0.293 e. The van der Waals surface area contributed by atoms with Crippen LogP contribution in [0.3, 0.4) is 0 Å². The summed E-state index contributed by atoms with van der Waals surface area (Å²) in [5.41, 5.74) is 0.631. The zero-order chi connectivity index (χ0) is 13.3. The number of hydrogen-bond donors (Lipinski definition) is 0. The summed E-state index contributed by atoms with van der Waals surface area (Å²) in [7, 11) is 1.34. The molecule has 0 aromatic carbocycles. The molecule has 0 radical (unpaired) electrons. The number of fused-ring (bicyclic) bond motifs is 1. The van der Waals surface area contributed by atoms with Gasteiger partial charge in [-0.25, -0.2) is 0 Å². The van der Waals surface area contributed by atoms with Crippen molar-refractivity contribution >= 4 is 19.3 Å². The Bertz CT molecular complexity index is 533. The van der Waals surface area contributed by atoms with Gasteiger partial charge in [-0.2, -0.15) is 0 Å². The maximum absolute atomic E-state index is 12.1. The number of rotatable bonds is 1. The van der Waals surface area contributed by atoms with Gasteiger partial charge in [0.2, 0.25) is 0 Å². The van der Waals surface area contributed by atoms with Crippen LogP contribution >= 0.6 is 8.20 Å². The summed E-state index contributed by atoms with van der Waals surface area (Å²) in [6.07, 6.45) is 17.3. The summed E-state index contributed by atoms with van der Waals surface area (Å²) in [5, 5.41) is 1.71. The van der Waals surface area contributed by atoms with Crippen molar-refractivity contribution in [2.24, 2.45) is 29.1 Å². The molecule has 0 unspecified atom stereocenters. The third-order valence-corrected chi connectivity index (χ3v) is 8.19. The summed E-state index contributed by atoms with van der Waals surface area (Å²) >= 11 is 0. The summed E-state index contributed by atoms with van der Waals surface area (Å²) in [6, 6.07) is 0. The smallest absolute Gasteiger partial charge is 0.170 e. The third-order valence-electron chi connectivity index (χ3n) is 6.44. The van der Waals surface area contributed by atoms with Crippen molar-refractivity contribution in [2.75, 3.05) is 0 Å². The normalized spacial score (nSPS) is 52.3. The Kier molecular flexibility index (Phi) is 2.35. The van der Waals surface area contributed by atoms with E-state index in [4.69, 9.17) is 0 Å². The van der Waals surface area contributed by atoms with Gasteiger partial charge in [0, 0.05) is 5.92 Å². The molecule has 0 spiro atoms. The van der Waals surface area contributed by atoms with Gasteiger partial charge in [0.15, 0.2) is 5.78 Å². The van der Waals surface area contributed by atoms with Crippen LogP contribution in [0.5, 0.6) is 0 Å². The number of hydrogen-bond acceptors (Lipinski definition) is 1. The monoisotopic (exact) mass is 284 g/mol. The van der Waals surface area contributed by atoms with Gasteiger partial charge in [0.25, 0.3) is 0 Å². The zero-order valence-electron chi connectivity index (χ0n) is 11.8. The van der Waals surface area contributed by atoms with Crippen LogP contribution in [-0.2, 0) is 4.79 Å². The Balaban J connectivity index is 1.59. The van der Waals surface area contributed by atoms with Crippen LogP contribution in [0, 0.1) is 29.1 Å². The predicted octanol–water partition coefficient (Wildman–Crippen LogP) is 4.01. The zero-order valence-corrected chi connectivity index (χ0v) is 12.7. The van der Waals surface area contributed by atoms with Gasteiger partial charge in [-0.05, 0) is 73.1 Å². The highest BCUT2D eigenvalue weighted by Crippen LogP contribution is 2.62. The summed E-state index contributed by atoms with van der Waals surface area (Å²) in [6.45, 7) is 0. The molecule has 2 aliphatic heterocycles. The highest BCUT2D eigenvalue weighted by molar-refractivity contribution is 7.43. The Morgan fingerprint density at radius 1 is 0.950 bits per heavy atom. The third kappa shape index (κ3) is 1.56. The molecule has 7 rings (SSSR count). The molecular formula is C18H21OP. The van der Waals surface area contributed by atoms with Crippen molar-refractivity contribution in [3.63, 3.8) is 0 Å². The van der Waals surface area contributed by atoms with E-state index < -0.39 is 0 Å². The predicted molar refractivity (Wildman–Crippen MR) is 83.1 cm³/mol. The molecule has 0 saturated heterocycles. The molecule has 2 heterocycles. The molecule has 0 N–H and O–H groups in total. The molecule has 0 aromatic rings. The van der Waals surface area contributed by atoms with E-state index in [1.165, 1.54) is 46.7 Å². The van der Waals surface area contributed by atoms with Gasteiger partial charge in [-0.1, -0.05) is 26.4 Å². The Morgan fingerprint density at radius 2 is 1.60 bits per heavy atom. The number of carbonyl (C=O) groups excluding carboxylic acids is 1. The number of carbonyl (C=O) groups is 1. The fourth-order valence-electron chi connectivity index (χ4n) is 6.12. The lowest BCUT2D eigenvalue weighted by molar-refractivity contribution is -0.113. The summed E-state index contributed by atoms with van der Waals surface area (Å²) in [4.78, 5) is 12.1. The number of allylic oxidation sites excluding steroid dienone is 4. The lowest BCUT2D eigenvalue weighted by Crippen LogP contribution is -2.51. The summed E-state index contributed by atoms with van der Waals surface area (Å²) in [5.74, 6) is 3.76. The van der Waals surface area contributed by atoms with E-state index in [1.54, 1.807) is 5.29 Å². The first-order chi connectivity index (χ1) is 9.72. The quantitative estimate of drug-likeness (QED) is 0.525. The Morgan fingerprint density at radius 3 is 2.25 bits per heavy atom. The molecule has 4 fully saturated rings. The van der Waals surface area contributed by atoms with Crippen LogP contribution in [-0.4, -0.2) is 16.7 Å². The van der Waals surface area contributed by atoms with Crippen LogP contribution in [0.25, 0.3) is 0 Å². The van der Waals surface area contributed by atoms with Crippen molar-refractivity contribution in [2.45, 2.75) is 44.2 Å². The van der Waals surface area contributed by atoms with Crippen molar-refractivity contribution in [1.29, 1.82) is 0 Å².